The number of amides is 1. The maximum Gasteiger partial charge on any atom is 0.249 e. The number of aliphatic hydroxyl groups excluding tert-OH is 3. The summed E-state index contributed by atoms with van der Waals surface area (Å²) in [5.74, 6) is -0.464. The average molecular weight is 973 g/mol. The van der Waals surface area contributed by atoms with E-state index in [4.69, 9.17) is 0 Å². The van der Waals surface area contributed by atoms with E-state index in [2.05, 4.69) is 43.5 Å². The molecule has 0 saturated carbocycles. The number of hydrogen-bond acceptors (Lipinski definition) is 4. The Morgan fingerprint density at radius 1 is 0.348 bits per heavy atom. The molecule has 0 bridgehead atoms. The molecule has 4 N–H and O–H groups in total. The van der Waals surface area contributed by atoms with Gasteiger partial charge in [0.25, 0.3) is 0 Å². The van der Waals surface area contributed by atoms with E-state index in [1.54, 1.807) is 0 Å². The van der Waals surface area contributed by atoms with Gasteiger partial charge < -0.3 is 20.6 Å². The molecule has 0 fully saturated rings. The molecule has 5 nitrogen and oxygen atoms in total. The summed E-state index contributed by atoms with van der Waals surface area (Å²) in [6.45, 7) is 4.28. The van der Waals surface area contributed by atoms with Crippen LogP contribution < -0.4 is 5.32 Å². The Balaban J connectivity index is 3.49. The summed E-state index contributed by atoms with van der Waals surface area (Å²) in [6, 6.07) is -0.711. The van der Waals surface area contributed by atoms with Crippen LogP contribution in [0, 0.1) is 0 Å². The highest BCUT2D eigenvalue weighted by atomic mass is 16.3. The highest BCUT2D eigenvalue weighted by Gasteiger charge is 2.23. The number of aliphatic hydroxyl groups is 3. The van der Waals surface area contributed by atoms with Crippen LogP contribution in [-0.4, -0.2) is 46.1 Å². The fourth-order valence-corrected chi connectivity index (χ4v) is 10.2. The van der Waals surface area contributed by atoms with E-state index >= 15 is 0 Å². The summed E-state index contributed by atoms with van der Waals surface area (Å²) >= 11 is 0. The van der Waals surface area contributed by atoms with E-state index in [0.29, 0.717) is 12.8 Å². The first-order valence-electron chi connectivity index (χ1n) is 31.6. The lowest BCUT2D eigenvalue weighted by molar-refractivity contribution is -0.131. The molecule has 0 rings (SSSR count). The predicted octanol–water partition coefficient (Wildman–Crippen LogP) is 20.0. The van der Waals surface area contributed by atoms with Gasteiger partial charge in [0.15, 0.2) is 0 Å². The quantitative estimate of drug-likeness (QED) is 0.0361. The molecule has 0 aromatic carbocycles. The molecule has 0 heterocycles. The lowest BCUT2D eigenvalue weighted by Crippen LogP contribution is -2.49. The van der Waals surface area contributed by atoms with Gasteiger partial charge in [-0.05, 0) is 44.9 Å². The summed E-state index contributed by atoms with van der Waals surface area (Å²) < 4.78 is 0. The van der Waals surface area contributed by atoms with E-state index in [9.17, 15) is 20.1 Å². The third-order valence-electron chi connectivity index (χ3n) is 15.1. The van der Waals surface area contributed by atoms with Crippen molar-refractivity contribution in [1.29, 1.82) is 0 Å². The van der Waals surface area contributed by atoms with Crippen molar-refractivity contribution >= 4 is 5.91 Å². The summed E-state index contributed by atoms with van der Waals surface area (Å²) in [5.41, 5.74) is 0. The number of allylic oxidation sites excluding steroid dienone is 4. The van der Waals surface area contributed by atoms with E-state index < -0.39 is 24.2 Å². The normalized spacial score (nSPS) is 13.3. The van der Waals surface area contributed by atoms with Crippen molar-refractivity contribution in [1.82, 2.24) is 5.32 Å². The van der Waals surface area contributed by atoms with Crippen LogP contribution in [0.5, 0.6) is 0 Å². The van der Waals surface area contributed by atoms with Crippen molar-refractivity contribution in [2.45, 2.75) is 372 Å². The molecule has 3 atom stereocenters. The summed E-state index contributed by atoms with van der Waals surface area (Å²) in [5, 5.41) is 33.7. The smallest absolute Gasteiger partial charge is 0.249 e. The number of rotatable bonds is 59. The zero-order valence-electron chi connectivity index (χ0n) is 47.0. The third-order valence-corrected chi connectivity index (χ3v) is 15.1. The van der Waals surface area contributed by atoms with Crippen molar-refractivity contribution in [3.63, 3.8) is 0 Å². The Bertz CT molecular complexity index is 1030. The molecule has 0 radical (unpaired) electrons. The van der Waals surface area contributed by atoms with Gasteiger partial charge in [0, 0.05) is 0 Å². The number of carbonyl (C=O) groups is 1. The van der Waals surface area contributed by atoms with E-state index in [0.717, 1.165) is 38.5 Å². The van der Waals surface area contributed by atoms with Gasteiger partial charge in [-0.3, -0.25) is 4.79 Å². The monoisotopic (exact) mass is 972 g/mol. The summed E-state index contributed by atoms with van der Waals surface area (Å²) in [7, 11) is 0. The molecule has 69 heavy (non-hydrogen) atoms. The van der Waals surface area contributed by atoms with Gasteiger partial charge in [-0.15, -0.1) is 0 Å². The molecule has 0 spiro atoms. The lowest BCUT2D eigenvalue weighted by Gasteiger charge is -2.23. The second kappa shape index (κ2) is 59.4. The fourth-order valence-electron chi connectivity index (χ4n) is 10.2. The van der Waals surface area contributed by atoms with E-state index in [1.807, 2.05) is 0 Å². The van der Waals surface area contributed by atoms with Gasteiger partial charge in [-0.25, -0.2) is 0 Å². The Morgan fingerprint density at radius 3 is 0.870 bits per heavy atom. The Kier molecular flexibility index (Phi) is 58.4. The van der Waals surface area contributed by atoms with Crippen LogP contribution in [0.15, 0.2) is 24.3 Å². The molecular weight excluding hydrogens is 847 g/mol. The van der Waals surface area contributed by atoms with Crippen LogP contribution in [0.25, 0.3) is 0 Å². The summed E-state index contributed by atoms with van der Waals surface area (Å²) in [4.78, 5) is 12.6. The van der Waals surface area contributed by atoms with Gasteiger partial charge in [0.1, 0.15) is 6.10 Å². The first kappa shape index (κ1) is 67.8. The molecule has 0 aromatic heterocycles. The zero-order chi connectivity index (χ0) is 50.0. The number of carbonyl (C=O) groups excluding carboxylic acids is 1. The third kappa shape index (κ3) is 54.4. The predicted molar refractivity (Wildman–Crippen MR) is 305 cm³/mol. The molecule has 0 aliphatic rings. The first-order chi connectivity index (χ1) is 34.1. The van der Waals surface area contributed by atoms with Gasteiger partial charge in [0.2, 0.25) is 5.91 Å². The van der Waals surface area contributed by atoms with E-state index in [-0.39, 0.29) is 6.61 Å². The topological polar surface area (TPSA) is 89.8 Å². The molecule has 0 aliphatic heterocycles. The minimum Gasteiger partial charge on any atom is -0.394 e. The Hall–Kier alpha value is -1.17. The highest BCUT2D eigenvalue weighted by Crippen LogP contribution is 2.19. The molecule has 0 aromatic rings. The maximum absolute atomic E-state index is 12.6. The highest BCUT2D eigenvalue weighted by molar-refractivity contribution is 5.80. The summed E-state index contributed by atoms with van der Waals surface area (Å²) in [6.07, 6.45) is 76.8. The minimum absolute atomic E-state index is 0.310. The van der Waals surface area contributed by atoms with Crippen molar-refractivity contribution in [2.75, 3.05) is 6.61 Å². The fraction of sp³-hybridized carbons (Fsp3) is 0.922. The first-order valence-corrected chi connectivity index (χ1v) is 31.6. The second-order valence-electron chi connectivity index (χ2n) is 22.0. The molecule has 5 heteroatoms. The Labute approximate surface area is 432 Å². The second-order valence-corrected chi connectivity index (χ2v) is 22.0. The average Bonchev–Trinajstić information content (AvgIpc) is 3.35. The van der Waals surface area contributed by atoms with Crippen LogP contribution in [0.2, 0.25) is 0 Å². The van der Waals surface area contributed by atoms with Crippen LogP contribution in [0.3, 0.4) is 0 Å². The standard InChI is InChI=1S/C64H125NO4/c1-3-5-7-9-11-13-15-17-19-21-23-25-27-28-29-30-31-32-33-34-35-37-39-41-43-45-47-49-51-53-55-57-59-63(68)64(69)65-61(60-66)62(67)58-56-54-52-50-48-46-44-42-40-38-36-26-24-22-20-18-16-14-12-10-8-6-4-2/h23,25,28-29,61-63,66-68H,3-22,24,26-27,30-60H2,1-2H3,(H,65,69)/b25-23-,29-28-. The number of nitrogens with one attached hydrogen (secondary N) is 1. The molecule has 410 valence electrons. The zero-order valence-corrected chi connectivity index (χ0v) is 47.0. The molecule has 3 unspecified atom stereocenters. The minimum atomic E-state index is -1.07. The molecule has 1 amide bonds. The van der Waals surface area contributed by atoms with Crippen molar-refractivity contribution in [3.05, 3.63) is 24.3 Å². The molecule has 0 saturated heterocycles. The van der Waals surface area contributed by atoms with Gasteiger partial charge in [-0.1, -0.05) is 334 Å². The molecule has 0 aliphatic carbocycles. The van der Waals surface area contributed by atoms with Crippen molar-refractivity contribution < 1.29 is 20.1 Å². The molecular formula is C64H125NO4. The van der Waals surface area contributed by atoms with Gasteiger partial charge >= 0.3 is 0 Å². The van der Waals surface area contributed by atoms with Gasteiger partial charge in [0.05, 0.1) is 18.8 Å². The van der Waals surface area contributed by atoms with Crippen molar-refractivity contribution in [2.24, 2.45) is 0 Å². The lowest BCUT2D eigenvalue weighted by atomic mass is 10.0. The van der Waals surface area contributed by atoms with E-state index in [1.165, 1.54) is 289 Å². The number of hydrogen-bond donors (Lipinski definition) is 4. The largest absolute Gasteiger partial charge is 0.394 e. The van der Waals surface area contributed by atoms with Crippen molar-refractivity contribution in [3.8, 4) is 0 Å². The number of unbranched alkanes of at least 4 members (excludes halogenated alkanes) is 47. The van der Waals surface area contributed by atoms with Gasteiger partial charge in [-0.2, -0.15) is 0 Å². The Morgan fingerprint density at radius 2 is 0.594 bits per heavy atom. The maximum atomic E-state index is 12.6. The van der Waals surface area contributed by atoms with Crippen LogP contribution in [0.1, 0.15) is 354 Å². The SMILES string of the molecule is CCCCCCCCCCC/C=C\C/C=C\CCCCCCCCCCCCCCCCCCC(O)C(=O)NC(CO)C(O)CCCCCCCCCCCCCCCCCCCCCCCCC. The van der Waals surface area contributed by atoms with Crippen LogP contribution in [-0.2, 0) is 4.79 Å². The van der Waals surface area contributed by atoms with Crippen LogP contribution in [0.4, 0.5) is 0 Å². The van der Waals surface area contributed by atoms with Crippen LogP contribution >= 0.6 is 0 Å².